The molecule has 2 nitrogen and oxygen atoms in total. The van der Waals surface area contributed by atoms with Crippen molar-refractivity contribution in [1.82, 2.24) is 9.80 Å². The van der Waals surface area contributed by atoms with Crippen molar-refractivity contribution < 1.29 is 0 Å². The van der Waals surface area contributed by atoms with E-state index in [1.54, 1.807) is 0 Å². The molecule has 0 amide bonds. The number of aryl methyl sites for hydroxylation is 2. The first-order valence-electron chi connectivity index (χ1n) is 21.4. The van der Waals surface area contributed by atoms with Gasteiger partial charge in [0.25, 0.3) is 0 Å². The third-order valence-corrected chi connectivity index (χ3v) is 13.7. The van der Waals surface area contributed by atoms with Gasteiger partial charge in [-0.1, -0.05) is 152 Å². The van der Waals surface area contributed by atoms with Gasteiger partial charge in [-0.25, -0.2) is 0 Å². The van der Waals surface area contributed by atoms with Crippen LogP contribution in [0.2, 0.25) is 39.3 Å². The summed E-state index contributed by atoms with van der Waals surface area (Å²) in [5.74, 6) is 7.33. The quantitative estimate of drug-likeness (QED) is 0.0506. The maximum atomic E-state index is 3.67. The topological polar surface area (TPSA) is 6.48 Å². The van der Waals surface area contributed by atoms with E-state index in [0.29, 0.717) is 0 Å². The van der Waals surface area contributed by atoms with E-state index in [1.165, 1.54) is 170 Å². The predicted octanol–water partition coefficient (Wildman–Crippen LogP) is 14.1. The minimum atomic E-state index is -1.49. The largest absolute Gasteiger partial charge is 0.309 e. The zero-order valence-corrected chi connectivity index (χ0v) is 40.0. The normalized spacial score (nSPS) is 11.9. The lowest BCUT2D eigenvalue weighted by molar-refractivity contribution is 0.389. The molecule has 0 saturated carbocycles. The average Bonchev–Trinajstić information content (AvgIpc) is 3.71. The summed E-state index contributed by atoms with van der Waals surface area (Å²) in [4.78, 5) is 10.1. The maximum absolute atomic E-state index is 3.67. The van der Waals surface area contributed by atoms with Crippen LogP contribution in [0.15, 0.2) is 36.4 Å². The Balaban J connectivity index is 1.65. The van der Waals surface area contributed by atoms with Gasteiger partial charge in [-0.05, 0) is 103 Å². The molecule has 54 heavy (non-hydrogen) atoms. The van der Waals surface area contributed by atoms with Crippen LogP contribution in [0.3, 0.4) is 0 Å². The standard InChI is InChI=1S/C48H76N2S2Si2/c1-49(2)35-25-21-17-13-11-15-19-23-27-43-39-45(47(51-43)33-37-53(5,6)7)41-29-31-42(32-30-41)46-40-44(52-48(46)34-38-54(8,9)10)28-24-20-16-12-14-18-22-26-36-50(3)4/h29-32,39-40H,11-28,35-36H2,1-10H3. The van der Waals surface area contributed by atoms with E-state index < -0.39 is 16.1 Å². The Labute approximate surface area is 344 Å². The van der Waals surface area contributed by atoms with Crippen LogP contribution < -0.4 is 0 Å². The first-order valence-corrected chi connectivity index (χ1v) is 30.1. The molecular weight excluding hydrogens is 725 g/mol. The second-order valence-electron chi connectivity index (χ2n) is 18.3. The highest BCUT2D eigenvalue weighted by atomic mass is 32.1. The van der Waals surface area contributed by atoms with Gasteiger partial charge in [0.1, 0.15) is 16.1 Å². The van der Waals surface area contributed by atoms with Crippen LogP contribution in [-0.4, -0.2) is 67.2 Å². The second kappa shape index (κ2) is 24.7. The molecule has 0 aliphatic carbocycles. The van der Waals surface area contributed by atoms with Crippen LogP contribution in [0.25, 0.3) is 22.3 Å². The molecule has 0 saturated heterocycles. The number of nitrogens with zero attached hydrogens (tertiary/aromatic N) is 2. The molecule has 298 valence electrons. The van der Waals surface area contributed by atoms with E-state index in [-0.39, 0.29) is 0 Å². The molecule has 0 atom stereocenters. The Bertz CT molecular complexity index is 1490. The monoisotopic (exact) mass is 800 g/mol. The third-order valence-electron chi connectivity index (χ3n) is 9.73. The van der Waals surface area contributed by atoms with E-state index in [2.05, 4.69) is 137 Å². The lowest BCUT2D eigenvalue weighted by Crippen LogP contribution is -2.16. The van der Waals surface area contributed by atoms with Gasteiger partial charge < -0.3 is 9.80 Å². The van der Waals surface area contributed by atoms with Crippen molar-refractivity contribution in [1.29, 1.82) is 0 Å². The summed E-state index contributed by atoms with van der Waals surface area (Å²) in [6.07, 6.45) is 24.0. The Morgan fingerprint density at radius 1 is 0.444 bits per heavy atom. The summed E-state index contributed by atoms with van der Waals surface area (Å²) in [6.45, 7) is 16.5. The molecule has 0 bridgehead atoms. The molecule has 3 aromatic rings. The molecule has 0 unspecified atom stereocenters. The fourth-order valence-corrected chi connectivity index (χ4v) is 9.97. The van der Waals surface area contributed by atoms with Crippen LogP contribution >= 0.6 is 22.7 Å². The summed E-state index contributed by atoms with van der Waals surface area (Å²) in [7, 11) is 5.73. The van der Waals surface area contributed by atoms with Crippen molar-refractivity contribution >= 4 is 38.8 Å². The van der Waals surface area contributed by atoms with Crippen molar-refractivity contribution in [3.05, 3.63) is 55.9 Å². The fourth-order valence-electron chi connectivity index (χ4n) is 6.64. The zero-order valence-electron chi connectivity index (χ0n) is 36.3. The van der Waals surface area contributed by atoms with Crippen molar-refractivity contribution in [3.63, 3.8) is 0 Å². The smallest absolute Gasteiger partial charge is 0.129 e. The summed E-state index contributed by atoms with van der Waals surface area (Å²) in [6, 6.07) is 14.3. The number of thiophene rings is 2. The summed E-state index contributed by atoms with van der Waals surface area (Å²) >= 11 is 3.88. The van der Waals surface area contributed by atoms with Crippen molar-refractivity contribution in [2.45, 2.75) is 155 Å². The molecular formula is C48H76N2S2Si2. The minimum absolute atomic E-state index is 1.17. The molecule has 0 aliphatic heterocycles. The van der Waals surface area contributed by atoms with Crippen molar-refractivity contribution in [3.8, 4) is 45.2 Å². The second-order valence-corrected chi connectivity index (χ2v) is 30.0. The van der Waals surface area contributed by atoms with E-state index in [9.17, 15) is 0 Å². The predicted molar refractivity (Wildman–Crippen MR) is 252 cm³/mol. The molecule has 1 aromatic carbocycles. The molecule has 2 aromatic heterocycles. The zero-order chi connectivity index (χ0) is 39.4. The minimum Gasteiger partial charge on any atom is -0.309 e. The molecule has 0 fully saturated rings. The van der Waals surface area contributed by atoms with Gasteiger partial charge in [-0.2, -0.15) is 0 Å². The summed E-state index contributed by atoms with van der Waals surface area (Å²) in [5, 5.41) is 0. The van der Waals surface area contributed by atoms with Gasteiger partial charge in [-0.15, -0.1) is 33.8 Å². The van der Waals surface area contributed by atoms with E-state index in [0.717, 1.165) is 0 Å². The summed E-state index contributed by atoms with van der Waals surface area (Å²) < 4.78 is 0. The molecule has 0 spiro atoms. The van der Waals surface area contributed by atoms with Gasteiger partial charge in [0, 0.05) is 20.9 Å². The number of hydrogen-bond donors (Lipinski definition) is 0. The number of benzene rings is 1. The van der Waals surface area contributed by atoms with Crippen LogP contribution in [0.1, 0.15) is 122 Å². The number of unbranched alkanes of at least 4 members (excludes halogenated alkanes) is 14. The van der Waals surface area contributed by atoms with E-state index in [4.69, 9.17) is 0 Å². The van der Waals surface area contributed by atoms with Gasteiger partial charge in [0.15, 0.2) is 0 Å². The first kappa shape index (κ1) is 46.5. The number of hydrogen-bond acceptors (Lipinski definition) is 4. The molecule has 0 radical (unpaired) electrons. The Hall–Kier alpha value is -1.91. The highest BCUT2D eigenvalue weighted by Crippen LogP contribution is 2.36. The average molecular weight is 801 g/mol. The Morgan fingerprint density at radius 3 is 1.04 bits per heavy atom. The lowest BCUT2D eigenvalue weighted by atomic mass is 9.99. The fraction of sp³-hybridized carbons (Fsp3) is 0.625. The molecule has 3 rings (SSSR count). The van der Waals surface area contributed by atoms with Crippen molar-refractivity contribution in [2.75, 3.05) is 41.3 Å². The van der Waals surface area contributed by atoms with Crippen LogP contribution in [0.5, 0.6) is 0 Å². The van der Waals surface area contributed by atoms with Gasteiger partial charge in [0.05, 0.1) is 9.75 Å². The molecule has 2 heterocycles. The van der Waals surface area contributed by atoms with Crippen LogP contribution in [0, 0.1) is 22.9 Å². The van der Waals surface area contributed by atoms with Crippen LogP contribution in [0.4, 0.5) is 0 Å². The first-order chi connectivity index (χ1) is 25.7. The SMILES string of the molecule is CN(C)CCCCCCCCCCc1cc(-c2ccc(-c3cc(CCCCCCCCCCN(C)C)sc3C#C[Si](C)(C)C)cc2)c(C#C[Si](C)(C)C)s1. The van der Waals surface area contributed by atoms with Crippen molar-refractivity contribution in [2.24, 2.45) is 0 Å². The Morgan fingerprint density at radius 2 is 0.741 bits per heavy atom. The van der Waals surface area contributed by atoms with E-state index in [1.807, 2.05) is 22.7 Å². The molecule has 0 N–H and O–H groups in total. The van der Waals surface area contributed by atoms with Gasteiger partial charge in [-0.3, -0.25) is 0 Å². The van der Waals surface area contributed by atoms with Gasteiger partial charge >= 0.3 is 0 Å². The third kappa shape index (κ3) is 19.8. The summed E-state index contributed by atoms with van der Waals surface area (Å²) in [5.41, 5.74) is 12.6. The van der Waals surface area contributed by atoms with Gasteiger partial charge in [0.2, 0.25) is 0 Å². The molecule has 0 aliphatic rings. The highest BCUT2D eigenvalue weighted by Gasteiger charge is 2.15. The highest BCUT2D eigenvalue weighted by molar-refractivity contribution is 7.13. The Kier molecular flexibility index (Phi) is 21.2. The maximum Gasteiger partial charge on any atom is 0.129 e. The molecule has 6 heteroatoms. The van der Waals surface area contributed by atoms with E-state index >= 15 is 0 Å². The van der Waals surface area contributed by atoms with Crippen LogP contribution in [-0.2, 0) is 12.8 Å². The number of rotatable bonds is 24. The lowest BCUT2D eigenvalue weighted by Gasteiger charge is -2.08.